The van der Waals surface area contributed by atoms with E-state index in [-0.39, 0.29) is 12.4 Å². The van der Waals surface area contributed by atoms with Gasteiger partial charge < -0.3 is 5.32 Å². The molecule has 3 heteroatoms. The van der Waals surface area contributed by atoms with E-state index < -0.39 is 0 Å². The normalized spacial score (nSPS) is 28.7. The number of nitrogens with zero attached hydrogens (tertiary/aromatic N) is 1. The molecule has 96 valence electrons. The minimum Gasteiger partial charge on any atom is -0.314 e. The lowest BCUT2D eigenvalue weighted by atomic mass is 9.87. The maximum absolute atomic E-state index is 3.46. The Morgan fingerprint density at radius 2 is 1.94 bits per heavy atom. The van der Waals surface area contributed by atoms with Crippen LogP contribution >= 0.6 is 12.4 Å². The summed E-state index contributed by atoms with van der Waals surface area (Å²) in [5, 5.41) is 3.46. The van der Waals surface area contributed by atoms with Gasteiger partial charge >= 0.3 is 0 Å². The molecule has 2 nitrogen and oxygen atoms in total. The molecule has 1 atom stereocenters. The molecule has 0 aromatic rings. The summed E-state index contributed by atoms with van der Waals surface area (Å²) in [6, 6.07) is 0.752. The van der Waals surface area contributed by atoms with Gasteiger partial charge in [-0.2, -0.15) is 0 Å². The first-order valence-electron chi connectivity index (χ1n) is 6.81. The lowest BCUT2D eigenvalue weighted by Gasteiger charge is -2.35. The quantitative estimate of drug-likeness (QED) is 0.824. The van der Waals surface area contributed by atoms with E-state index in [0.29, 0.717) is 0 Å². The fourth-order valence-corrected chi connectivity index (χ4v) is 3.04. The fraction of sp³-hybridized carbons (Fsp3) is 1.00. The van der Waals surface area contributed by atoms with Gasteiger partial charge in [-0.15, -0.1) is 12.4 Å². The average molecular weight is 247 g/mol. The van der Waals surface area contributed by atoms with Crippen LogP contribution in [-0.4, -0.2) is 37.1 Å². The van der Waals surface area contributed by atoms with Crippen molar-refractivity contribution in [2.75, 3.05) is 26.2 Å². The Morgan fingerprint density at radius 1 is 1.19 bits per heavy atom. The summed E-state index contributed by atoms with van der Waals surface area (Å²) in [6.07, 6.45) is 8.91. The molecule has 0 radical (unpaired) electrons. The minimum absolute atomic E-state index is 0. The predicted octanol–water partition coefficient (Wildman–Crippen LogP) is 2.67. The van der Waals surface area contributed by atoms with Crippen molar-refractivity contribution < 1.29 is 0 Å². The van der Waals surface area contributed by atoms with E-state index in [9.17, 15) is 0 Å². The molecule has 0 bridgehead atoms. The number of rotatable bonds is 3. The van der Waals surface area contributed by atoms with Crippen molar-refractivity contribution in [3.8, 4) is 0 Å². The smallest absolute Gasteiger partial charge is 0.0192 e. The zero-order chi connectivity index (χ0) is 10.5. The van der Waals surface area contributed by atoms with Gasteiger partial charge in [-0.05, 0) is 25.8 Å². The molecule has 1 N–H and O–H groups in total. The molecular weight excluding hydrogens is 220 g/mol. The molecule has 2 rings (SSSR count). The first-order valence-corrected chi connectivity index (χ1v) is 6.81. The Kier molecular flexibility index (Phi) is 6.71. The molecule has 0 unspecified atom stereocenters. The molecule has 0 spiro atoms. The van der Waals surface area contributed by atoms with E-state index in [4.69, 9.17) is 0 Å². The molecule has 2 aliphatic rings. The molecule has 1 aliphatic carbocycles. The number of hydrogen-bond acceptors (Lipinski definition) is 2. The van der Waals surface area contributed by atoms with E-state index in [1.807, 2.05) is 0 Å². The molecule has 0 aromatic carbocycles. The first-order chi connectivity index (χ1) is 7.36. The summed E-state index contributed by atoms with van der Waals surface area (Å²) in [6.45, 7) is 7.33. The Labute approximate surface area is 107 Å². The average Bonchev–Trinajstić information content (AvgIpc) is 2.29. The van der Waals surface area contributed by atoms with Gasteiger partial charge in [0.2, 0.25) is 0 Å². The zero-order valence-electron chi connectivity index (χ0n) is 10.6. The largest absolute Gasteiger partial charge is 0.314 e. The van der Waals surface area contributed by atoms with Gasteiger partial charge in [0.05, 0.1) is 0 Å². The van der Waals surface area contributed by atoms with Crippen LogP contribution in [-0.2, 0) is 0 Å². The molecule has 2 fully saturated rings. The van der Waals surface area contributed by atoms with Crippen LogP contribution in [0.4, 0.5) is 0 Å². The Hall–Kier alpha value is 0.210. The summed E-state index contributed by atoms with van der Waals surface area (Å²) in [7, 11) is 0. The molecule has 0 aromatic heterocycles. The van der Waals surface area contributed by atoms with Crippen LogP contribution in [0.15, 0.2) is 0 Å². The monoisotopic (exact) mass is 246 g/mol. The molecule has 1 heterocycles. The van der Waals surface area contributed by atoms with Gasteiger partial charge in [0, 0.05) is 25.7 Å². The summed E-state index contributed by atoms with van der Waals surface area (Å²) in [5.74, 6) is 1.04. The van der Waals surface area contributed by atoms with Crippen molar-refractivity contribution in [1.82, 2.24) is 10.2 Å². The first kappa shape index (κ1) is 14.3. The maximum Gasteiger partial charge on any atom is 0.0192 e. The van der Waals surface area contributed by atoms with Gasteiger partial charge in [-0.25, -0.2) is 0 Å². The van der Waals surface area contributed by atoms with Crippen LogP contribution in [0.1, 0.15) is 45.4 Å². The number of hydrogen-bond donors (Lipinski definition) is 1. The number of piperazine rings is 1. The lowest BCUT2D eigenvalue weighted by molar-refractivity contribution is 0.156. The molecule has 1 saturated carbocycles. The fourth-order valence-electron chi connectivity index (χ4n) is 3.04. The Morgan fingerprint density at radius 3 is 2.62 bits per heavy atom. The predicted molar refractivity (Wildman–Crippen MR) is 72.3 cm³/mol. The maximum atomic E-state index is 3.46. The van der Waals surface area contributed by atoms with Gasteiger partial charge in [0.1, 0.15) is 0 Å². The molecule has 1 saturated heterocycles. The second-order valence-corrected chi connectivity index (χ2v) is 5.38. The summed E-state index contributed by atoms with van der Waals surface area (Å²) >= 11 is 0. The highest BCUT2D eigenvalue weighted by Gasteiger charge is 2.19. The molecular formula is C13H27ClN2. The van der Waals surface area contributed by atoms with Gasteiger partial charge in [0.15, 0.2) is 0 Å². The van der Waals surface area contributed by atoms with Crippen molar-refractivity contribution >= 4 is 12.4 Å². The van der Waals surface area contributed by atoms with E-state index >= 15 is 0 Å². The highest BCUT2D eigenvalue weighted by atomic mass is 35.5. The van der Waals surface area contributed by atoms with Crippen LogP contribution in [0.2, 0.25) is 0 Å². The third kappa shape index (κ3) is 4.23. The highest BCUT2D eigenvalue weighted by molar-refractivity contribution is 5.85. The van der Waals surface area contributed by atoms with Gasteiger partial charge in [0.25, 0.3) is 0 Å². The third-order valence-electron chi connectivity index (χ3n) is 4.19. The van der Waals surface area contributed by atoms with Crippen LogP contribution in [0, 0.1) is 5.92 Å². The topological polar surface area (TPSA) is 15.3 Å². The molecule has 1 aliphatic heterocycles. The standard InChI is InChI=1S/C13H26N2.ClH/c1-12-11-14-8-10-15(12)9-7-13-5-3-2-4-6-13;/h12-14H,2-11H2,1H3;1H/t12-;/m1./s1. The SMILES string of the molecule is C[C@@H]1CNCCN1CCC1CCCCC1.Cl. The third-order valence-corrected chi connectivity index (χ3v) is 4.19. The van der Waals surface area contributed by atoms with Crippen LogP contribution in [0.5, 0.6) is 0 Å². The summed E-state index contributed by atoms with van der Waals surface area (Å²) < 4.78 is 0. The number of nitrogens with one attached hydrogen (secondary N) is 1. The minimum atomic E-state index is 0. The van der Waals surface area contributed by atoms with Gasteiger partial charge in [-0.3, -0.25) is 4.90 Å². The van der Waals surface area contributed by atoms with Crippen molar-refractivity contribution in [3.05, 3.63) is 0 Å². The Bertz CT molecular complexity index is 181. The van der Waals surface area contributed by atoms with Crippen molar-refractivity contribution in [3.63, 3.8) is 0 Å². The second-order valence-electron chi connectivity index (χ2n) is 5.38. The van der Waals surface area contributed by atoms with Crippen molar-refractivity contribution in [2.45, 2.75) is 51.5 Å². The van der Waals surface area contributed by atoms with Crippen molar-refractivity contribution in [2.24, 2.45) is 5.92 Å². The van der Waals surface area contributed by atoms with Crippen molar-refractivity contribution in [1.29, 1.82) is 0 Å². The highest BCUT2D eigenvalue weighted by Crippen LogP contribution is 2.26. The second kappa shape index (κ2) is 7.52. The van der Waals surface area contributed by atoms with E-state index in [1.54, 1.807) is 0 Å². The van der Waals surface area contributed by atoms with Gasteiger partial charge in [-0.1, -0.05) is 32.1 Å². The lowest BCUT2D eigenvalue weighted by Crippen LogP contribution is -2.50. The zero-order valence-corrected chi connectivity index (χ0v) is 11.4. The van der Waals surface area contributed by atoms with Crippen LogP contribution < -0.4 is 5.32 Å². The molecule has 0 amide bonds. The van der Waals surface area contributed by atoms with Crippen LogP contribution in [0.25, 0.3) is 0 Å². The van der Waals surface area contributed by atoms with Crippen LogP contribution in [0.3, 0.4) is 0 Å². The van der Waals surface area contributed by atoms with E-state index in [0.717, 1.165) is 12.0 Å². The summed E-state index contributed by atoms with van der Waals surface area (Å²) in [4.78, 5) is 2.67. The van der Waals surface area contributed by atoms with E-state index in [2.05, 4.69) is 17.1 Å². The number of halogens is 1. The summed E-state index contributed by atoms with van der Waals surface area (Å²) in [5.41, 5.74) is 0. The Balaban J connectivity index is 0.00000128. The molecule has 16 heavy (non-hydrogen) atoms. The van der Waals surface area contributed by atoms with E-state index in [1.165, 1.54) is 64.7 Å².